The summed E-state index contributed by atoms with van der Waals surface area (Å²) in [4.78, 5) is 42.5. The molecule has 4 saturated carbocycles. The van der Waals surface area contributed by atoms with Gasteiger partial charge in [0.15, 0.2) is 0 Å². The lowest BCUT2D eigenvalue weighted by Crippen LogP contribution is -2.60. The minimum atomic E-state index is -1.01. The van der Waals surface area contributed by atoms with Crippen molar-refractivity contribution in [1.82, 2.24) is 20.9 Å². The van der Waals surface area contributed by atoms with Gasteiger partial charge in [0.25, 0.3) is 5.91 Å². The summed E-state index contributed by atoms with van der Waals surface area (Å²) in [5.41, 5.74) is 0.127. The number of carbonyl (C=O) groups excluding carboxylic acids is 3. The summed E-state index contributed by atoms with van der Waals surface area (Å²) < 4.78 is 5.41. The largest absolute Gasteiger partial charge is 0.496 e. The number of hydrogen-bond acceptors (Lipinski definition) is 5. The zero-order valence-electron chi connectivity index (χ0n) is 21.0. The molecular formula is C28H33N5O4. The van der Waals surface area contributed by atoms with Gasteiger partial charge < -0.3 is 25.7 Å². The van der Waals surface area contributed by atoms with Crippen LogP contribution in [0.3, 0.4) is 0 Å². The van der Waals surface area contributed by atoms with Gasteiger partial charge in [-0.3, -0.25) is 14.4 Å². The van der Waals surface area contributed by atoms with Gasteiger partial charge in [-0.05, 0) is 74.0 Å². The molecule has 1 aliphatic heterocycles. The number of hydrogen-bond donors (Lipinski definition) is 4. The van der Waals surface area contributed by atoms with Crippen molar-refractivity contribution in [3.05, 3.63) is 30.0 Å². The van der Waals surface area contributed by atoms with Gasteiger partial charge in [-0.25, -0.2) is 0 Å². The number of amides is 3. The number of carbonyl (C=O) groups is 3. The highest BCUT2D eigenvalue weighted by Crippen LogP contribution is 2.51. The molecule has 5 fully saturated rings. The smallest absolute Gasteiger partial charge is 0.268 e. The Hall–Kier alpha value is -3.54. The maximum Gasteiger partial charge on any atom is 0.268 e. The van der Waals surface area contributed by atoms with E-state index in [4.69, 9.17) is 4.74 Å². The number of fused-ring (bicyclic) bond motifs is 3. The molecule has 37 heavy (non-hydrogen) atoms. The monoisotopic (exact) mass is 503 g/mol. The van der Waals surface area contributed by atoms with E-state index in [2.05, 4.69) is 27.0 Å². The minimum Gasteiger partial charge on any atom is -0.496 e. The number of rotatable bonds is 7. The Morgan fingerprint density at radius 3 is 2.86 bits per heavy atom. The number of aromatic amines is 1. The van der Waals surface area contributed by atoms with Crippen molar-refractivity contribution in [3.8, 4) is 11.8 Å². The molecule has 9 nitrogen and oxygen atoms in total. The lowest BCUT2D eigenvalue weighted by Gasteiger charge is -2.42. The van der Waals surface area contributed by atoms with Crippen molar-refractivity contribution in [1.29, 1.82) is 5.26 Å². The molecule has 6 atom stereocenters. The molecule has 5 aliphatic rings. The van der Waals surface area contributed by atoms with E-state index in [0.717, 1.165) is 36.6 Å². The predicted octanol–water partition coefficient (Wildman–Crippen LogP) is 2.64. The number of H-pyrrole nitrogens is 1. The molecule has 4 N–H and O–H groups in total. The summed E-state index contributed by atoms with van der Waals surface area (Å²) in [6.45, 7) is 0.659. The average Bonchev–Trinajstić information content (AvgIpc) is 3.57. The topological polar surface area (TPSA) is 136 Å². The number of ether oxygens (including phenoxy) is 1. The van der Waals surface area contributed by atoms with Crippen LogP contribution in [-0.2, 0) is 9.59 Å². The molecule has 194 valence electrons. The molecule has 0 radical (unpaired) electrons. The Morgan fingerprint density at radius 2 is 2.11 bits per heavy atom. The van der Waals surface area contributed by atoms with E-state index in [0.29, 0.717) is 43.2 Å². The maximum atomic E-state index is 13.7. The first-order valence-electron chi connectivity index (χ1n) is 13.4. The SMILES string of the molecule is COc1cccc2[nH]c(C(=O)N[C@@H](CC3CC3)C(=O)N[C@@]3(C#N)CC4CC[C@H]3C[C@H]3C(=O)NC[C@@H]43)cc12. The third kappa shape index (κ3) is 4.22. The number of aromatic nitrogens is 1. The van der Waals surface area contributed by atoms with E-state index in [1.54, 1.807) is 13.2 Å². The van der Waals surface area contributed by atoms with Gasteiger partial charge in [0, 0.05) is 23.4 Å². The molecule has 2 heterocycles. The Labute approximate surface area is 215 Å². The molecule has 2 bridgehead atoms. The number of methoxy groups -OCH3 is 1. The Kier molecular flexibility index (Phi) is 5.85. The van der Waals surface area contributed by atoms with Gasteiger partial charge in [-0.15, -0.1) is 0 Å². The van der Waals surface area contributed by atoms with Crippen LogP contribution >= 0.6 is 0 Å². The average molecular weight is 504 g/mol. The lowest BCUT2D eigenvalue weighted by molar-refractivity contribution is -0.125. The van der Waals surface area contributed by atoms with Crippen LogP contribution in [0, 0.1) is 40.9 Å². The van der Waals surface area contributed by atoms with Crippen LogP contribution in [0.25, 0.3) is 10.9 Å². The van der Waals surface area contributed by atoms with Crippen LogP contribution < -0.4 is 20.7 Å². The van der Waals surface area contributed by atoms with Crippen molar-refractivity contribution in [3.63, 3.8) is 0 Å². The molecule has 1 aromatic heterocycles. The van der Waals surface area contributed by atoms with Gasteiger partial charge in [0.2, 0.25) is 11.8 Å². The van der Waals surface area contributed by atoms with Crippen molar-refractivity contribution in [2.24, 2.45) is 29.6 Å². The van der Waals surface area contributed by atoms with Crippen molar-refractivity contribution < 1.29 is 19.1 Å². The first-order valence-corrected chi connectivity index (χ1v) is 13.4. The van der Waals surface area contributed by atoms with Crippen molar-refractivity contribution in [2.45, 2.75) is 56.5 Å². The number of nitrogens with one attached hydrogen (secondary N) is 4. The summed E-state index contributed by atoms with van der Waals surface area (Å²) in [5.74, 6) is 0.766. The van der Waals surface area contributed by atoms with Crippen molar-refractivity contribution in [2.75, 3.05) is 13.7 Å². The van der Waals surface area contributed by atoms with Gasteiger partial charge in [0.1, 0.15) is 23.0 Å². The summed E-state index contributed by atoms with van der Waals surface area (Å²) in [7, 11) is 1.59. The normalized spacial score (nSPS) is 31.1. The van der Waals surface area contributed by atoms with Crippen LogP contribution in [-0.4, -0.2) is 47.9 Å². The highest BCUT2D eigenvalue weighted by Gasteiger charge is 2.55. The van der Waals surface area contributed by atoms with E-state index in [1.165, 1.54) is 0 Å². The fourth-order valence-electron chi connectivity index (χ4n) is 7.01. The number of benzene rings is 1. The first kappa shape index (κ1) is 23.8. The van der Waals surface area contributed by atoms with Crippen LogP contribution in [0.15, 0.2) is 24.3 Å². The van der Waals surface area contributed by atoms with Crippen LogP contribution in [0.5, 0.6) is 5.75 Å². The van der Waals surface area contributed by atoms with Gasteiger partial charge in [-0.1, -0.05) is 18.9 Å². The third-order valence-corrected chi connectivity index (χ3v) is 9.20. The maximum absolute atomic E-state index is 13.7. The molecule has 1 saturated heterocycles. The third-order valence-electron chi connectivity index (χ3n) is 9.20. The van der Waals surface area contributed by atoms with E-state index < -0.39 is 11.6 Å². The number of nitriles is 1. The van der Waals surface area contributed by atoms with Gasteiger partial charge >= 0.3 is 0 Å². The summed E-state index contributed by atoms with van der Waals surface area (Å²) in [6, 6.07) is 9.03. The minimum absolute atomic E-state index is 0.0741. The van der Waals surface area contributed by atoms with Crippen LogP contribution in [0.4, 0.5) is 0 Å². The molecule has 2 aromatic rings. The highest BCUT2D eigenvalue weighted by molar-refractivity contribution is 6.01. The van der Waals surface area contributed by atoms with E-state index in [1.807, 2.05) is 18.2 Å². The zero-order valence-corrected chi connectivity index (χ0v) is 21.0. The van der Waals surface area contributed by atoms with Crippen LogP contribution in [0.1, 0.15) is 55.4 Å². The lowest BCUT2D eigenvalue weighted by atomic mass is 9.69. The quantitative estimate of drug-likeness (QED) is 0.461. The summed E-state index contributed by atoms with van der Waals surface area (Å²) >= 11 is 0. The molecule has 7 rings (SSSR count). The molecule has 3 amide bonds. The molecule has 9 heteroatoms. The molecule has 1 aromatic carbocycles. The Morgan fingerprint density at radius 1 is 1.27 bits per heavy atom. The molecule has 4 aliphatic carbocycles. The Balaban J connectivity index is 1.22. The molecule has 0 spiro atoms. The standard InChI is InChI=1S/C28H33N5O4/c1-37-24-4-2-3-21-19(24)11-23(31-21)26(35)32-22(9-15-5-6-15)27(36)33-28(14-29)12-16-7-8-17(28)10-18-20(16)13-30-25(18)34/h2-4,11,15-18,20,22,31H,5-10,12-13H2,1H3,(H,30,34)(H,32,35)(H,33,36)/t16?,17-,18+,20-,22-,28+/m0/s1. The number of nitrogens with zero attached hydrogens (tertiary/aromatic N) is 1. The summed E-state index contributed by atoms with van der Waals surface area (Å²) in [5, 5.41) is 20.2. The van der Waals surface area contributed by atoms with Crippen molar-refractivity contribution >= 4 is 28.6 Å². The second-order valence-electron chi connectivity index (χ2n) is 11.4. The van der Waals surface area contributed by atoms with Crippen LogP contribution in [0.2, 0.25) is 0 Å². The second kappa shape index (κ2) is 9.09. The van der Waals surface area contributed by atoms with E-state index >= 15 is 0 Å². The predicted molar refractivity (Wildman–Crippen MR) is 135 cm³/mol. The molecule has 1 unspecified atom stereocenters. The van der Waals surface area contributed by atoms with Gasteiger partial charge in [0.05, 0.1) is 13.2 Å². The van der Waals surface area contributed by atoms with E-state index in [9.17, 15) is 19.6 Å². The molecular weight excluding hydrogens is 470 g/mol. The first-order chi connectivity index (χ1) is 17.9. The highest BCUT2D eigenvalue weighted by atomic mass is 16.5. The summed E-state index contributed by atoms with van der Waals surface area (Å²) in [6.07, 6.45) is 5.61. The second-order valence-corrected chi connectivity index (χ2v) is 11.4. The van der Waals surface area contributed by atoms with E-state index in [-0.39, 0.29) is 41.4 Å². The Bertz CT molecular complexity index is 1290. The fourth-order valence-corrected chi connectivity index (χ4v) is 7.01. The fraction of sp³-hybridized carbons (Fsp3) is 0.571. The van der Waals surface area contributed by atoms with Gasteiger partial charge in [-0.2, -0.15) is 5.26 Å². The zero-order chi connectivity index (χ0) is 25.7.